The van der Waals surface area contributed by atoms with Gasteiger partial charge in [-0.1, -0.05) is 18.7 Å². The number of nitrogens with one attached hydrogen (secondary N) is 1. The number of nitrogens with zero attached hydrogens (tertiary/aromatic N) is 3. The fraction of sp³-hybridized carbons (Fsp3) is 0.300. The highest BCUT2D eigenvalue weighted by atomic mass is 16.2. The summed E-state index contributed by atoms with van der Waals surface area (Å²) in [6, 6.07) is 7.64. The van der Waals surface area contributed by atoms with Gasteiger partial charge in [-0.2, -0.15) is 0 Å². The average molecular weight is 350 g/mol. The first-order valence-corrected chi connectivity index (χ1v) is 8.71. The van der Waals surface area contributed by atoms with E-state index in [4.69, 9.17) is 0 Å². The molecule has 6 heteroatoms. The van der Waals surface area contributed by atoms with Gasteiger partial charge in [0, 0.05) is 49.1 Å². The van der Waals surface area contributed by atoms with Crippen molar-refractivity contribution in [2.45, 2.75) is 25.3 Å². The van der Waals surface area contributed by atoms with Crippen molar-refractivity contribution in [3.05, 3.63) is 72.3 Å². The van der Waals surface area contributed by atoms with E-state index in [1.807, 2.05) is 23.1 Å². The smallest absolute Gasteiger partial charge is 0.251 e. The molecular weight excluding hydrogens is 328 g/mol. The number of hydrogen-bond donors (Lipinski definition) is 1. The average Bonchev–Trinajstić information content (AvgIpc) is 2.72. The number of piperidine rings is 1. The molecule has 134 valence electrons. The number of carbonyl (C=O) groups excluding carboxylic acids is 2. The largest absolute Gasteiger partial charge is 0.348 e. The number of aromatic nitrogens is 2. The van der Waals surface area contributed by atoms with Gasteiger partial charge in [0.2, 0.25) is 5.91 Å². The topological polar surface area (TPSA) is 75.2 Å². The zero-order chi connectivity index (χ0) is 18.4. The van der Waals surface area contributed by atoms with Gasteiger partial charge >= 0.3 is 0 Å². The Balaban J connectivity index is 1.66. The summed E-state index contributed by atoms with van der Waals surface area (Å²) >= 11 is 0. The van der Waals surface area contributed by atoms with Gasteiger partial charge in [-0.3, -0.25) is 9.59 Å². The molecule has 1 aromatic heterocycles. The minimum Gasteiger partial charge on any atom is -0.348 e. The van der Waals surface area contributed by atoms with E-state index in [1.165, 1.54) is 12.4 Å². The van der Waals surface area contributed by atoms with Crippen LogP contribution in [0.25, 0.3) is 0 Å². The second kappa shape index (κ2) is 8.38. The van der Waals surface area contributed by atoms with Crippen LogP contribution in [0.2, 0.25) is 0 Å². The van der Waals surface area contributed by atoms with E-state index in [0.29, 0.717) is 18.7 Å². The molecule has 1 aromatic carbocycles. The molecule has 2 heterocycles. The van der Waals surface area contributed by atoms with E-state index < -0.39 is 0 Å². The minimum atomic E-state index is -0.134. The Kier molecular flexibility index (Phi) is 5.73. The van der Waals surface area contributed by atoms with Gasteiger partial charge in [-0.05, 0) is 36.6 Å². The summed E-state index contributed by atoms with van der Waals surface area (Å²) in [5.74, 6) is 0.0714. The maximum Gasteiger partial charge on any atom is 0.251 e. The Morgan fingerprint density at radius 1 is 1.31 bits per heavy atom. The number of benzene rings is 1. The van der Waals surface area contributed by atoms with Gasteiger partial charge in [0.25, 0.3) is 5.91 Å². The zero-order valence-electron chi connectivity index (χ0n) is 14.6. The van der Waals surface area contributed by atoms with Gasteiger partial charge in [0.15, 0.2) is 0 Å². The Labute approximate surface area is 153 Å². The fourth-order valence-corrected chi connectivity index (χ4v) is 3.22. The van der Waals surface area contributed by atoms with Crippen LogP contribution in [0.5, 0.6) is 0 Å². The molecule has 26 heavy (non-hydrogen) atoms. The maximum atomic E-state index is 12.4. The number of amides is 2. The molecule has 1 aliphatic rings. The van der Waals surface area contributed by atoms with Gasteiger partial charge in [-0.15, -0.1) is 0 Å². The maximum absolute atomic E-state index is 12.4. The molecule has 1 aliphatic heterocycles. The van der Waals surface area contributed by atoms with Crippen LogP contribution < -0.4 is 5.32 Å². The number of likely N-dealkylation sites (tertiary alicyclic amines) is 1. The summed E-state index contributed by atoms with van der Waals surface area (Å²) in [6.07, 6.45) is 8.13. The molecule has 1 atom stereocenters. The molecule has 3 rings (SSSR count). The Hall–Kier alpha value is -3.02. The lowest BCUT2D eigenvalue weighted by molar-refractivity contribution is -0.127. The van der Waals surface area contributed by atoms with Crippen LogP contribution in [0.4, 0.5) is 0 Å². The molecule has 0 spiro atoms. The first-order valence-electron chi connectivity index (χ1n) is 8.71. The lowest BCUT2D eigenvalue weighted by atomic mass is 9.89. The molecule has 1 unspecified atom stereocenters. The van der Waals surface area contributed by atoms with Gasteiger partial charge in [0.05, 0.1) is 0 Å². The van der Waals surface area contributed by atoms with E-state index in [1.54, 1.807) is 18.5 Å². The van der Waals surface area contributed by atoms with E-state index in [9.17, 15) is 9.59 Å². The Bertz CT molecular complexity index is 791. The van der Waals surface area contributed by atoms with Crippen LogP contribution in [0.1, 0.15) is 40.2 Å². The van der Waals surface area contributed by atoms with Crippen molar-refractivity contribution in [1.29, 1.82) is 0 Å². The lowest BCUT2D eigenvalue weighted by Crippen LogP contribution is -2.38. The summed E-state index contributed by atoms with van der Waals surface area (Å²) in [6.45, 7) is 5.38. The fourth-order valence-electron chi connectivity index (χ4n) is 3.22. The predicted octanol–water partition coefficient (Wildman–Crippen LogP) is 2.30. The molecular formula is C20H22N4O2. The first kappa shape index (κ1) is 17.8. The summed E-state index contributed by atoms with van der Waals surface area (Å²) in [4.78, 5) is 34.0. The molecule has 2 amide bonds. The first-order chi connectivity index (χ1) is 12.7. The van der Waals surface area contributed by atoms with Crippen LogP contribution in [0.15, 0.2) is 55.6 Å². The highest BCUT2D eigenvalue weighted by molar-refractivity contribution is 5.94. The van der Waals surface area contributed by atoms with E-state index in [2.05, 4.69) is 21.9 Å². The summed E-state index contributed by atoms with van der Waals surface area (Å²) < 4.78 is 0. The molecule has 0 saturated carbocycles. The molecule has 2 aromatic rings. The van der Waals surface area contributed by atoms with E-state index in [-0.39, 0.29) is 17.7 Å². The molecule has 0 aliphatic carbocycles. The van der Waals surface area contributed by atoms with Crippen molar-refractivity contribution in [2.75, 3.05) is 13.1 Å². The summed E-state index contributed by atoms with van der Waals surface area (Å²) in [7, 11) is 0. The minimum absolute atomic E-state index is 0.0336. The van der Waals surface area contributed by atoms with Gasteiger partial charge in [0.1, 0.15) is 6.33 Å². The third kappa shape index (κ3) is 4.33. The molecule has 1 fully saturated rings. The van der Waals surface area contributed by atoms with Crippen LogP contribution in [-0.4, -0.2) is 39.8 Å². The normalized spacial score (nSPS) is 16.8. The number of rotatable bonds is 5. The Morgan fingerprint density at radius 3 is 2.88 bits per heavy atom. The van der Waals surface area contributed by atoms with Gasteiger partial charge in [-0.25, -0.2) is 9.97 Å². The van der Waals surface area contributed by atoms with Crippen molar-refractivity contribution in [2.24, 2.45) is 0 Å². The summed E-state index contributed by atoms with van der Waals surface area (Å²) in [5, 5.41) is 2.88. The highest BCUT2D eigenvalue weighted by Gasteiger charge is 2.24. The van der Waals surface area contributed by atoms with E-state index >= 15 is 0 Å². The number of hydrogen-bond acceptors (Lipinski definition) is 4. The quantitative estimate of drug-likeness (QED) is 0.840. The zero-order valence-corrected chi connectivity index (χ0v) is 14.6. The second-order valence-electron chi connectivity index (χ2n) is 6.38. The van der Waals surface area contributed by atoms with Crippen molar-refractivity contribution < 1.29 is 9.59 Å². The van der Waals surface area contributed by atoms with Crippen LogP contribution in [0.3, 0.4) is 0 Å². The second-order valence-corrected chi connectivity index (χ2v) is 6.38. The van der Waals surface area contributed by atoms with Crippen molar-refractivity contribution in [3.8, 4) is 0 Å². The SMILES string of the molecule is C=CC(=O)N1CCCC(c2cccc(C(=O)NCc3cncnc3)c2)C1. The number of carbonyl (C=O) groups is 2. The standard InChI is InChI=1S/C20H22N4O2/c1-2-19(25)24-8-4-7-18(13-24)16-5-3-6-17(9-16)20(26)23-12-15-10-21-14-22-11-15/h2-3,5-6,9-11,14,18H,1,4,7-8,12-13H2,(H,23,26). The van der Waals surface area contributed by atoms with Crippen LogP contribution in [-0.2, 0) is 11.3 Å². The Morgan fingerprint density at radius 2 is 2.12 bits per heavy atom. The van der Waals surface area contributed by atoms with Crippen LogP contribution in [0, 0.1) is 0 Å². The van der Waals surface area contributed by atoms with Gasteiger partial charge < -0.3 is 10.2 Å². The third-order valence-corrected chi connectivity index (χ3v) is 4.60. The molecule has 1 saturated heterocycles. The van der Waals surface area contributed by atoms with Crippen molar-refractivity contribution in [3.63, 3.8) is 0 Å². The van der Waals surface area contributed by atoms with E-state index in [0.717, 1.165) is 30.5 Å². The highest BCUT2D eigenvalue weighted by Crippen LogP contribution is 2.27. The monoisotopic (exact) mass is 350 g/mol. The third-order valence-electron chi connectivity index (χ3n) is 4.60. The predicted molar refractivity (Wildman–Crippen MR) is 98.4 cm³/mol. The van der Waals surface area contributed by atoms with Crippen molar-refractivity contribution >= 4 is 11.8 Å². The molecule has 1 N–H and O–H groups in total. The lowest BCUT2D eigenvalue weighted by Gasteiger charge is -2.32. The molecule has 6 nitrogen and oxygen atoms in total. The van der Waals surface area contributed by atoms with Crippen molar-refractivity contribution in [1.82, 2.24) is 20.2 Å². The summed E-state index contributed by atoms with van der Waals surface area (Å²) in [5.41, 5.74) is 2.55. The molecule has 0 radical (unpaired) electrons. The van der Waals surface area contributed by atoms with Crippen LogP contribution >= 0.6 is 0 Å². The molecule has 0 bridgehead atoms.